The molecule has 1 saturated carbocycles. The third-order valence-electron chi connectivity index (χ3n) is 5.68. The maximum Gasteiger partial charge on any atom is 0.416 e. The number of hydrogen-bond acceptors (Lipinski definition) is 3. The summed E-state index contributed by atoms with van der Waals surface area (Å²) >= 11 is 6.35. The van der Waals surface area contributed by atoms with Gasteiger partial charge in [0.2, 0.25) is 0 Å². The van der Waals surface area contributed by atoms with Crippen molar-refractivity contribution in [1.29, 1.82) is 0 Å². The van der Waals surface area contributed by atoms with Gasteiger partial charge in [0.1, 0.15) is 17.2 Å². The summed E-state index contributed by atoms with van der Waals surface area (Å²) in [4.78, 5) is 21.1. The fourth-order valence-electron chi connectivity index (χ4n) is 3.83. The quantitative estimate of drug-likeness (QED) is 0.232. The van der Waals surface area contributed by atoms with Gasteiger partial charge in [0.15, 0.2) is 5.15 Å². The van der Waals surface area contributed by atoms with Crippen LogP contribution in [-0.4, -0.2) is 20.6 Å². The first-order valence-electron chi connectivity index (χ1n) is 10.7. The maximum atomic E-state index is 13.9. The second kappa shape index (κ2) is 8.84. The second-order valence-corrected chi connectivity index (χ2v) is 8.63. The lowest BCUT2D eigenvalue weighted by Gasteiger charge is -2.13. The average molecular weight is 504 g/mol. The van der Waals surface area contributed by atoms with Crippen molar-refractivity contribution < 1.29 is 22.4 Å². The van der Waals surface area contributed by atoms with Crippen molar-refractivity contribution in [2.75, 3.05) is 10.6 Å². The van der Waals surface area contributed by atoms with E-state index in [1.54, 1.807) is 30.5 Å². The van der Waals surface area contributed by atoms with Gasteiger partial charge in [-0.2, -0.15) is 13.2 Å². The third kappa shape index (κ3) is 4.93. The molecule has 0 radical (unpaired) electrons. The molecule has 0 aliphatic heterocycles. The van der Waals surface area contributed by atoms with E-state index in [2.05, 4.69) is 15.6 Å². The number of anilines is 2. The van der Waals surface area contributed by atoms with Crippen molar-refractivity contribution in [2.45, 2.75) is 31.5 Å². The molecule has 0 saturated heterocycles. The summed E-state index contributed by atoms with van der Waals surface area (Å²) in [6.07, 6.45) is -0.899. The topological polar surface area (TPSA) is 71.8 Å². The van der Waals surface area contributed by atoms with E-state index in [0.29, 0.717) is 41.5 Å². The van der Waals surface area contributed by atoms with Gasteiger partial charge < -0.3 is 15.2 Å². The van der Waals surface area contributed by atoms with E-state index < -0.39 is 29.3 Å². The molecule has 1 aliphatic carbocycles. The number of hydrogen-bond donors (Lipinski definition) is 2. The lowest BCUT2D eigenvalue weighted by Crippen LogP contribution is -2.20. The minimum absolute atomic E-state index is 0.374. The Bertz CT molecular complexity index is 1410. The van der Waals surface area contributed by atoms with Gasteiger partial charge in [0, 0.05) is 24.3 Å². The first-order valence-corrected chi connectivity index (χ1v) is 11.1. The summed E-state index contributed by atoms with van der Waals surface area (Å²) in [5, 5.41) is 4.98. The van der Waals surface area contributed by atoms with Crippen LogP contribution in [0.3, 0.4) is 0 Å². The molecule has 1 aliphatic rings. The van der Waals surface area contributed by atoms with Gasteiger partial charge in [-0.1, -0.05) is 23.7 Å². The van der Waals surface area contributed by atoms with Gasteiger partial charge in [-0.25, -0.2) is 19.2 Å². The smallest absolute Gasteiger partial charge is 0.321 e. The number of rotatable bonds is 5. The summed E-state index contributed by atoms with van der Waals surface area (Å²) in [5.41, 5.74) is 1.21. The number of halogens is 5. The number of carbonyl (C=O) groups is 1. The highest BCUT2D eigenvalue weighted by Crippen LogP contribution is 2.41. The van der Waals surface area contributed by atoms with Crippen molar-refractivity contribution in [2.24, 2.45) is 0 Å². The molecular weight excluding hydrogens is 486 g/mol. The number of amides is 2. The van der Waals surface area contributed by atoms with E-state index in [1.807, 2.05) is 10.6 Å². The average Bonchev–Trinajstić information content (AvgIpc) is 3.58. The van der Waals surface area contributed by atoms with Crippen LogP contribution in [0.1, 0.15) is 35.7 Å². The first-order chi connectivity index (χ1) is 16.7. The van der Waals surface area contributed by atoms with Gasteiger partial charge in [0.25, 0.3) is 0 Å². The Morgan fingerprint density at radius 2 is 1.83 bits per heavy atom. The Labute approximate surface area is 201 Å². The zero-order valence-corrected chi connectivity index (χ0v) is 18.8. The van der Waals surface area contributed by atoms with Crippen LogP contribution < -0.4 is 10.6 Å². The zero-order valence-electron chi connectivity index (χ0n) is 18.0. The normalized spacial score (nSPS) is 13.7. The highest BCUT2D eigenvalue weighted by atomic mass is 35.5. The van der Waals surface area contributed by atoms with E-state index in [0.717, 1.165) is 35.3 Å². The molecule has 0 unspecified atom stereocenters. The van der Waals surface area contributed by atoms with Gasteiger partial charge in [-0.05, 0) is 54.8 Å². The van der Waals surface area contributed by atoms with Crippen LogP contribution in [0.4, 0.5) is 33.7 Å². The lowest BCUT2D eigenvalue weighted by atomic mass is 10.2. The molecule has 2 heterocycles. The maximum absolute atomic E-state index is 13.9. The van der Waals surface area contributed by atoms with Crippen LogP contribution in [0.2, 0.25) is 5.15 Å². The van der Waals surface area contributed by atoms with Crippen LogP contribution >= 0.6 is 11.6 Å². The van der Waals surface area contributed by atoms with Gasteiger partial charge in [0.05, 0.1) is 16.8 Å². The molecule has 5 rings (SSSR count). The van der Waals surface area contributed by atoms with Crippen LogP contribution in [0.5, 0.6) is 0 Å². The van der Waals surface area contributed by atoms with Crippen LogP contribution in [0, 0.1) is 5.82 Å². The molecule has 6 nitrogen and oxygen atoms in total. The van der Waals surface area contributed by atoms with E-state index in [1.165, 1.54) is 0 Å². The molecule has 180 valence electrons. The van der Waals surface area contributed by atoms with Crippen molar-refractivity contribution in [1.82, 2.24) is 14.5 Å². The Morgan fingerprint density at radius 1 is 1.09 bits per heavy atom. The molecule has 2 aromatic carbocycles. The number of pyridine rings is 1. The number of aromatic nitrogens is 3. The Hall–Kier alpha value is -3.66. The predicted octanol–water partition coefficient (Wildman–Crippen LogP) is 6.81. The fourth-order valence-corrected chi connectivity index (χ4v) is 4.08. The number of fused-ring (bicyclic) bond motifs is 1. The molecule has 0 bridgehead atoms. The van der Waals surface area contributed by atoms with Crippen molar-refractivity contribution in [3.63, 3.8) is 0 Å². The van der Waals surface area contributed by atoms with Crippen LogP contribution in [0.15, 0.2) is 54.7 Å². The van der Waals surface area contributed by atoms with Crippen LogP contribution in [-0.2, 0) is 12.7 Å². The minimum Gasteiger partial charge on any atom is -0.321 e. The molecule has 2 aromatic heterocycles. The fraction of sp³-hybridized carbons (Fsp3) is 0.208. The zero-order chi connectivity index (χ0) is 24.7. The highest BCUT2D eigenvalue weighted by Gasteiger charge is 2.32. The largest absolute Gasteiger partial charge is 0.416 e. The molecular formula is C24H18ClF4N5O. The van der Waals surface area contributed by atoms with Crippen molar-refractivity contribution >= 4 is 40.0 Å². The van der Waals surface area contributed by atoms with E-state index >= 15 is 0 Å². The third-order valence-corrected chi connectivity index (χ3v) is 5.95. The van der Waals surface area contributed by atoms with Gasteiger partial charge >= 0.3 is 12.2 Å². The minimum atomic E-state index is -4.66. The summed E-state index contributed by atoms with van der Waals surface area (Å²) in [6.45, 7) is 0.496. The van der Waals surface area contributed by atoms with Gasteiger partial charge in [-0.3, -0.25) is 0 Å². The number of carbonyl (C=O) groups excluding carboxylic acids is 1. The van der Waals surface area contributed by atoms with E-state index in [-0.39, 0.29) is 0 Å². The Balaban J connectivity index is 1.30. The molecule has 2 amide bonds. The standard InChI is InChI=1S/C24H18ClF4N5O/c25-21-20-18(9-10-30-21)32-22(14-3-4-14)34(20)12-13-1-6-16(7-2-13)31-23(35)33-19-11-15(24(27,28)29)5-8-17(19)26/h1-2,5-11,14H,3-4,12H2,(H2,31,33,35). The summed E-state index contributed by atoms with van der Waals surface area (Å²) in [7, 11) is 0. The number of benzene rings is 2. The van der Waals surface area contributed by atoms with Crippen molar-refractivity contribution in [3.8, 4) is 0 Å². The Kier molecular flexibility index (Phi) is 5.84. The SMILES string of the molecule is O=C(Nc1ccc(Cn2c(C3CC3)nc3ccnc(Cl)c32)cc1)Nc1cc(C(F)(F)F)ccc1F. The van der Waals surface area contributed by atoms with E-state index in [9.17, 15) is 22.4 Å². The molecule has 11 heteroatoms. The summed E-state index contributed by atoms with van der Waals surface area (Å²) < 4.78 is 54.6. The molecule has 2 N–H and O–H groups in total. The second-order valence-electron chi connectivity index (χ2n) is 8.27. The lowest BCUT2D eigenvalue weighted by molar-refractivity contribution is -0.137. The van der Waals surface area contributed by atoms with Crippen molar-refractivity contribution in [3.05, 3.63) is 82.6 Å². The summed E-state index contributed by atoms with van der Waals surface area (Å²) in [6, 6.07) is 9.66. The molecule has 0 atom stereocenters. The Morgan fingerprint density at radius 3 is 2.51 bits per heavy atom. The molecule has 0 spiro atoms. The van der Waals surface area contributed by atoms with E-state index in [4.69, 9.17) is 16.6 Å². The molecule has 4 aromatic rings. The molecule has 1 fully saturated rings. The first kappa shape index (κ1) is 23.1. The molecule has 35 heavy (non-hydrogen) atoms. The van der Waals surface area contributed by atoms with Crippen LogP contribution in [0.25, 0.3) is 11.0 Å². The monoisotopic (exact) mass is 503 g/mol. The predicted molar refractivity (Wildman–Crippen MR) is 124 cm³/mol. The number of nitrogens with zero attached hydrogens (tertiary/aromatic N) is 3. The number of urea groups is 1. The number of nitrogens with one attached hydrogen (secondary N) is 2. The summed E-state index contributed by atoms with van der Waals surface area (Å²) in [5.74, 6) is 0.370. The number of imidazole rings is 1. The highest BCUT2D eigenvalue weighted by molar-refractivity contribution is 6.33. The number of alkyl halides is 3. The van der Waals surface area contributed by atoms with Gasteiger partial charge in [-0.15, -0.1) is 0 Å².